The molecule has 0 spiro atoms. The zero-order valence-corrected chi connectivity index (χ0v) is 33.8. The molecule has 0 aliphatic carbocycles. The van der Waals surface area contributed by atoms with Crippen molar-refractivity contribution >= 4 is 49.7 Å². The Kier molecular flexibility index (Phi) is 15.7. The second-order valence-electron chi connectivity index (χ2n) is 13.6. The number of anilines is 1. The number of methoxy groups -OCH3 is 1. The molecule has 1 aromatic carbocycles. The van der Waals surface area contributed by atoms with Gasteiger partial charge in [-0.15, -0.1) is 0 Å². The van der Waals surface area contributed by atoms with Crippen LogP contribution in [0.2, 0.25) is 18.1 Å². The van der Waals surface area contributed by atoms with Crippen LogP contribution in [0.15, 0.2) is 30.3 Å². The molecule has 0 aliphatic rings. The van der Waals surface area contributed by atoms with Gasteiger partial charge in [0.15, 0.2) is 14.1 Å². The lowest BCUT2D eigenvalue weighted by atomic mass is 9.97. The van der Waals surface area contributed by atoms with E-state index in [1.54, 1.807) is 19.9 Å². The van der Waals surface area contributed by atoms with Crippen LogP contribution in [-0.4, -0.2) is 83.8 Å². The van der Waals surface area contributed by atoms with Crippen LogP contribution in [0.3, 0.4) is 0 Å². The van der Waals surface area contributed by atoms with E-state index in [0.717, 1.165) is 4.31 Å². The standard InChI is InChI=1S/C34H53FN3O9PSSi/c1-12-45-48(41,46-13-2)20-21-49(42,43)38(8)33-36-31(24(3)4)29(32(37-33)25-14-16-26(35)17-15-25)19-18-27(39)22-28(23-30(40)44-9)47-50(10,11)34(5,6)7/h14-19,24,28H,12-13,20-23H2,1-11H3/t28-/m1/s1. The number of esters is 1. The van der Waals surface area contributed by atoms with Gasteiger partial charge in [0, 0.05) is 24.6 Å². The predicted molar refractivity (Wildman–Crippen MR) is 197 cm³/mol. The topological polar surface area (TPSA) is 151 Å². The van der Waals surface area contributed by atoms with Crippen molar-refractivity contribution in [1.29, 1.82) is 0 Å². The summed E-state index contributed by atoms with van der Waals surface area (Å²) >= 11 is 0. The van der Waals surface area contributed by atoms with Gasteiger partial charge in [0.2, 0.25) is 16.0 Å². The number of allylic oxidation sites excluding steroid dienone is 1. The summed E-state index contributed by atoms with van der Waals surface area (Å²) in [5.41, 5.74) is 1.58. The van der Waals surface area contributed by atoms with E-state index in [1.807, 2.05) is 26.9 Å². The normalized spacial score (nSPS) is 13.5. The third-order valence-electron chi connectivity index (χ3n) is 8.36. The van der Waals surface area contributed by atoms with E-state index in [0.29, 0.717) is 16.8 Å². The van der Waals surface area contributed by atoms with Crippen molar-refractivity contribution in [3.63, 3.8) is 0 Å². The SMILES string of the molecule is CCOP(=O)(CCS(=O)(=O)N(C)c1nc(-c2ccc(F)cc2)c(C=CC(=O)C[C@H](CC(=O)OC)O[Si](C)(C)C(C)(C)C)c(C(C)C)n1)OCC. The van der Waals surface area contributed by atoms with E-state index in [-0.39, 0.29) is 60.6 Å². The van der Waals surface area contributed by atoms with Gasteiger partial charge in [-0.3, -0.25) is 14.2 Å². The molecular weight excluding hydrogens is 705 g/mol. The molecule has 0 radical (unpaired) electrons. The number of carbonyl (C=O) groups is 2. The minimum absolute atomic E-state index is 0.0854. The molecule has 0 bridgehead atoms. The first-order valence-corrected chi connectivity index (χ1v) is 22.8. The largest absolute Gasteiger partial charge is 0.469 e. The predicted octanol–water partition coefficient (Wildman–Crippen LogP) is 7.36. The first-order chi connectivity index (χ1) is 23.1. The number of aromatic nitrogens is 2. The molecule has 0 saturated heterocycles. The van der Waals surface area contributed by atoms with Crippen LogP contribution in [0.5, 0.6) is 0 Å². The van der Waals surface area contributed by atoms with Gasteiger partial charge in [0.25, 0.3) is 0 Å². The van der Waals surface area contributed by atoms with Gasteiger partial charge in [0.1, 0.15) is 5.82 Å². The lowest BCUT2D eigenvalue weighted by Gasteiger charge is -2.39. The molecule has 0 unspecified atom stereocenters. The fourth-order valence-corrected chi connectivity index (χ4v) is 9.48. The van der Waals surface area contributed by atoms with E-state index < -0.39 is 49.6 Å². The Bertz CT molecular complexity index is 1650. The minimum atomic E-state index is -4.13. The third-order valence-corrected chi connectivity index (χ3v) is 17.0. The maximum Gasteiger partial charge on any atom is 0.331 e. The zero-order chi connectivity index (χ0) is 38.1. The summed E-state index contributed by atoms with van der Waals surface area (Å²) in [6, 6.07) is 5.50. The zero-order valence-electron chi connectivity index (χ0n) is 31.1. The monoisotopic (exact) mass is 757 g/mol. The van der Waals surface area contributed by atoms with Crippen LogP contribution >= 0.6 is 7.60 Å². The summed E-state index contributed by atoms with van der Waals surface area (Å²) in [6.07, 6.45) is 1.65. The van der Waals surface area contributed by atoms with Crippen LogP contribution in [-0.2, 0) is 42.4 Å². The molecule has 2 aromatic rings. The number of sulfonamides is 1. The maximum atomic E-state index is 14.0. The summed E-state index contributed by atoms with van der Waals surface area (Å²) in [6.45, 7) is 17.4. The van der Waals surface area contributed by atoms with E-state index in [1.165, 1.54) is 44.5 Å². The van der Waals surface area contributed by atoms with Gasteiger partial charge in [-0.2, -0.15) is 0 Å². The van der Waals surface area contributed by atoms with E-state index in [9.17, 15) is 27.0 Å². The molecule has 2 rings (SSSR count). The second-order valence-corrected chi connectivity index (χ2v) is 22.6. The van der Waals surface area contributed by atoms with Crippen molar-refractivity contribution in [3.05, 3.63) is 47.4 Å². The van der Waals surface area contributed by atoms with Gasteiger partial charge < -0.3 is 18.2 Å². The molecule has 1 atom stereocenters. The molecule has 0 aliphatic heterocycles. The van der Waals surface area contributed by atoms with Gasteiger partial charge in [-0.05, 0) is 74.3 Å². The molecule has 50 heavy (non-hydrogen) atoms. The maximum absolute atomic E-state index is 14.0. The van der Waals surface area contributed by atoms with Gasteiger partial charge in [-0.1, -0.05) is 34.6 Å². The van der Waals surface area contributed by atoms with E-state index in [2.05, 4.69) is 30.7 Å². The van der Waals surface area contributed by atoms with Crippen molar-refractivity contribution in [2.24, 2.45) is 0 Å². The first-order valence-electron chi connectivity index (χ1n) is 16.6. The van der Waals surface area contributed by atoms with Crippen molar-refractivity contribution in [2.45, 2.75) is 91.5 Å². The smallest absolute Gasteiger partial charge is 0.331 e. The summed E-state index contributed by atoms with van der Waals surface area (Å²) in [7, 11) is -7.57. The Labute approximate surface area is 297 Å². The highest BCUT2D eigenvalue weighted by Gasteiger charge is 2.40. The molecule has 12 nitrogen and oxygen atoms in total. The number of rotatable bonds is 19. The Hall–Kier alpha value is -2.81. The molecule has 1 aromatic heterocycles. The molecule has 0 N–H and O–H groups in total. The van der Waals surface area contributed by atoms with Gasteiger partial charge >= 0.3 is 13.6 Å². The number of hydrogen-bond acceptors (Lipinski definition) is 11. The Morgan fingerprint density at radius 3 is 2.12 bits per heavy atom. The third kappa shape index (κ3) is 12.2. The fraction of sp³-hybridized carbons (Fsp3) is 0.588. The number of halogens is 1. The van der Waals surface area contributed by atoms with Crippen LogP contribution in [0, 0.1) is 5.82 Å². The van der Waals surface area contributed by atoms with Crippen LogP contribution in [0.4, 0.5) is 10.3 Å². The molecule has 0 fully saturated rings. The molecule has 280 valence electrons. The highest BCUT2D eigenvalue weighted by Crippen LogP contribution is 2.48. The molecular formula is C34H53FN3O9PSSi. The van der Waals surface area contributed by atoms with Crippen molar-refractivity contribution in [2.75, 3.05) is 43.6 Å². The van der Waals surface area contributed by atoms with E-state index in [4.69, 9.17) is 18.2 Å². The number of ketones is 1. The fourth-order valence-electron chi connectivity index (χ4n) is 4.58. The summed E-state index contributed by atoms with van der Waals surface area (Å²) < 4.78 is 76.7. The molecule has 1 heterocycles. The molecule has 0 saturated carbocycles. The second kappa shape index (κ2) is 18.1. The molecule has 16 heteroatoms. The Balaban J connectivity index is 2.61. The van der Waals surface area contributed by atoms with Gasteiger partial charge in [-0.25, -0.2) is 27.1 Å². The highest BCUT2D eigenvalue weighted by molar-refractivity contribution is 7.93. The Morgan fingerprint density at radius 2 is 1.62 bits per heavy atom. The van der Waals surface area contributed by atoms with Crippen molar-refractivity contribution < 1.29 is 45.2 Å². The van der Waals surface area contributed by atoms with Crippen LogP contribution < -0.4 is 4.31 Å². The first kappa shape index (κ1) is 43.4. The lowest BCUT2D eigenvalue weighted by molar-refractivity contribution is -0.142. The average Bonchev–Trinajstić information content (AvgIpc) is 3.02. The number of nitrogens with zero attached hydrogens (tertiary/aromatic N) is 3. The van der Waals surface area contributed by atoms with Crippen LogP contribution in [0.25, 0.3) is 17.3 Å². The minimum Gasteiger partial charge on any atom is -0.469 e. The molecule has 0 amide bonds. The quantitative estimate of drug-likeness (QED) is 0.0612. The average molecular weight is 758 g/mol. The van der Waals surface area contributed by atoms with Gasteiger partial charge in [0.05, 0.1) is 56.2 Å². The Morgan fingerprint density at radius 1 is 1.04 bits per heavy atom. The lowest BCUT2D eigenvalue weighted by Crippen LogP contribution is -2.44. The van der Waals surface area contributed by atoms with Crippen LogP contribution in [0.1, 0.15) is 78.5 Å². The number of hydrogen-bond donors (Lipinski definition) is 0. The summed E-state index contributed by atoms with van der Waals surface area (Å²) in [5.74, 6) is -2.30. The summed E-state index contributed by atoms with van der Waals surface area (Å²) in [4.78, 5) is 34.9. The number of ether oxygens (including phenoxy) is 1. The number of carbonyl (C=O) groups excluding carboxylic acids is 2. The van der Waals surface area contributed by atoms with Crippen molar-refractivity contribution in [1.82, 2.24) is 9.97 Å². The van der Waals surface area contributed by atoms with Crippen molar-refractivity contribution in [3.8, 4) is 11.3 Å². The number of benzene rings is 1. The van der Waals surface area contributed by atoms with E-state index >= 15 is 0 Å². The highest BCUT2D eigenvalue weighted by atomic mass is 32.2. The summed E-state index contributed by atoms with van der Waals surface area (Å²) in [5, 5.41) is -0.164.